The number of aromatic hydroxyl groups is 1. The molecule has 0 aromatic heterocycles. The molecule has 16 heavy (non-hydrogen) atoms. The number of nitrogens with zero attached hydrogens (tertiary/aromatic N) is 1. The Morgan fingerprint density at radius 3 is 2.44 bits per heavy atom. The largest absolute Gasteiger partial charge is 0.508 e. The lowest BCUT2D eigenvalue weighted by atomic mass is 10.0. The van der Waals surface area contributed by atoms with Crippen molar-refractivity contribution in [2.45, 2.75) is 25.8 Å². The summed E-state index contributed by atoms with van der Waals surface area (Å²) < 4.78 is 0. The summed E-state index contributed by atoms with van der Waals surface area (Å²) in [4.78, 5) is 1.96. The van der Waals surface area contributed by atoms with Crippen LogP contribution in [0.4, 0.5) is 5.69 Å². The molecule has 3 nitrogen and oxygen atoms in total. The van der Waals surface area contributed by atoms with E-state index in [1.807, 2.05) is 31.1 Å². The molecule has 1 aromatic carbocycles. The van der Waals surface area contributed by atoms with Gasteiger partial charge >= 0.3 is 0 Å². The standard InChI is InChI=1S/C12H20N2O.ClH/c1-4-10(13)7-9-5-6-11(14(2)3)8-12(9)15;/h5-6,8,10,15H,4,7,13H2,1-3H3;1H. The minimum Gasteiger partial charge on any atom is -0.508 e. The maximum atomic E-state index is 9.80. The number of benzene rings is 1. The second kappa shape index (κ2) is 6.61. The second-order valence-corrected chi connectivity index (χ2v) is 4.08. The predicted molar refractivity (Wildman–Crippen MR) is 71.7 cm³/mol. The van der Waals surface area contributed by atoms with Gasteiger partial charge in [0.15, 0.2) is 0 Å². The van der Waals surface area contributed by atoms with E-state index in [1.54, 1.807) is 6.07 Å². The molecule has 1 atom stereocenters. The number of nitrogens with two attached hydrogens (primary N) is 1. The summed E-state index contributed by atoms with van der Waals surface area (Å²) in [6.45, 7) is 2.05. The Morgan fingerprint density at radius 2 is 2.00 bits per heavy atom. The number of hydrogen-bond acceptors (Lipinski definition) is 3. The van der Waals surface area contributed by atoms with Crippen LogP contribution in [0.25, 0.3) is 0 Å². The van der Waals surface area contributed by atoms with E-state index >= 15 is 0 Å². The molecular formula is C12H21ClN2O. The Labute approximate surface area is 104 Å². The molecule has 0 heterocycles. The van der Waals surface area contributed by atoms with Crippen molar-refractivity contribution in [2.24, 2.45) is 5.73 Å². The molecular weight excluding hydrogens is 224 g/mol. The monoisotopic (exact) mass is 244 g/mol. The third-order valence-electron chi connectivity index (χ3n) is 2.59. The first-order chi connectivity index (χ1) is 7.04. The maximum Gasteiger partial charge on any atom is 0.120 e. The average Bonchev–Trinajstić information content (AvgIpc) is 2.20. The molecule has 3 N–H and O–H groups in total. The summed E-state index contributed by atoms with van der Waals surface area (Å²) in [5.74, 6) is 0.338. The molecule has 0 amide bonds. The molecule has 0 radical (unpaired) electrons. The van der Waals surface area contributed by atoms with Crippen LogP contribution in [0, 0.1) is 0 Å². The summed E-state index contributed by atoms with van der Waals surface area (Å²) in [5, 5.41) is 9.80. The minimum atomic E-state index is 0. The molecule has 1 unspecified atom stereocenters. The van der Waals surface area contributed by atoms with Gasteiger partial charge in [-0.1, -0.05) is 13.0 Å². The Balaban J connectivity index is 0.00000225. The van der Waals surface area contributed by atoms with Crippen LogP contribution in [0.1, 0.15) is 18.9 Å². The first kappa shape index (κ1) is 15.1. The van der Waals surface area contributed by atoms with Crippen molar-refractivity contribution in [2.75, 3.05) is 19.0 Å². The van der Waals surface area contributed by atoms with Crippen LogP contribution < -0.4 is 10.6 Å². The molecule has 0 saturated heterocycles. The Morgan fingerprint density at radius 1 is 1.38 bits per heavy atom. The van der Waals surface area contributed by atoms with E-state index in [-0.39, 0.29) is 18.4 Å². The van der Waals surface area contributed by atoms with E-state index in [0.717, 1.165) is 24.1 Å². The topological polar surface area (TPSA) is 49.5 Å². The van der Waals surface area contributed by atoms with Crippen molar-refractivity contribution in [3.8, 4) is 5.75 Å². The van der Waals surface area contributed by atoms with Gasteiger partial charge in [0.05, 0.1) is 0 Å². The lowest BCUT2D eigenvalue weighted by Gasteiger charge is -2.15. The summed E-state index contributed by atoms with van der Waals surface area (Å²) in [6, 6.07) is 5.84. The summed E-state index contributed by atoms with van der Waals surface area (Å²) in [5.41, 5.74) is 7.78. The van der Waals surface area contributed by atoms with Crippen molar-refractivity contribution in [1.82, 2.24) is 0 Å². The Hall–Kier alpha value is -0.930. The molecule has 0 aliphatic carbocycles. The zero-order chi connectivity index (χ0) is 11.4. The molecule has 0 saturated carbocycles. The van der Waals surface area contributed by atoms with E-state index in [2.05, 4.69) is 6.92 Å². The number of phenolic OH excluding ortho intramolecular Hbond substituents is 1. The maximum absolute atomic E-state index is 9.80. The van der Waals surface area contributed by atoms with Gasteiger partial charge in [0, 0.05) is 31.9 Å². The fraction of sp³-hybridized carbons (Fsp3) is 0.500. The molecule has 0 spiro atoms. The Kier molecular flexibility index (Phi) is 6.22. The smallest absolute Gasteiger partial charge is 0.120 e. The molecule has 0 fully saturated rings. The van der Waals surface area contributed by atoms with Crippen LogP contribution >= 0.6 is 12.4 Å². The summed E-state index contributed by atoms with van der Waals surface area (Å²) in [7, 11) is 3.90. The highest BCUT2D eigenvalue weighted by molar-refractivity contribution is 5.85. The van der Waals surface area contributed by atoms with Crippen molar-refractivity contribution in [1.29, 1.82) is 0 Å². The van der Waals surface area contributed by atoms with Gasteiger partial charge in [-0.25, -0.2) is 0 Å². The first-order valence-electron chi connectivity index (χ1n) is 5.29. The van der Waals surface area contributed by atoms with Gasteiger partial charge < -0.3 is 15.7 Å². The van der Waals surface area contributed by atoms with Crippen LogP contribution in [-0.2, 0) is 6.42 Å². The van der Waals surface area contributed by atoms with Crippen LogP contribution in [0.15, 0.2) is 18.2 Å². The van der Waals surface area contributed by atoms with E-state index in [0.29, 0.717) is 5.75 Å². The number of hydrogen-bond donors (Lipinski definition) is 2. The van der Waals surface area contributed by atoms with Gasteiger partial charge in [-0.05, 0) is 24.5 Å². The second-order valence-electron chi connectivity index (χ2n) is 4.08. The van der Waals surface area contributed by atoms with Gasteiger partial charge in [0.2, 0.25) is 0 Å². The Bertz CT molecular complexity index is 329. The van der Waals surface area contributed by atoms with Crippen molar-refractivity contribution < 1.29 is 5.11 Å². The molecule has 0 bridgehead atoms. The molecule has 1 aromatic rings. The molecule has 4 heteroatoms. The number of anilines is 1. The van der Waals surface area contributed by atoms with Crippen molar-refractivity contribution >= 4 is 18.1 Å². The molecule has 0 aliphatic rings. The van der Waals surface area contributed by atoms with Crippen molar-refractivity contribution in [3.63, 3.8) is 0 Å². The lowest BCUT2D eigenvalue weighted by molar-refractivity contribution is 0.464. The lowest BCUT2D eigenvalue weighted by Crippen LogP contribution is -2.21. The fourth-order valence-electron chi connectivity index (χ4n) is 1.43. The SMILES string of the molecule is CCC(N)Cc1ccc(N(C)C)cc1O.Cl. The van der Waals surface area contributed by atoms with Gasteiger partial charge in [0.1, 0.15) is 5.75 Å². The molecule has 0 aliphatic heterocycles. The quantitative estimate of drug-likeness (QED) is 0.854. The highest BCUT2D eigenvalue weighted by atomic mass is 35.5. The zero-order valence-corrected chi connectivity index (χ0v) is 10.9. The first-order valence-corrected chi connectivity index (χ1v) is 5.29. The minimum absolute atomic E-state index is 0. The number of halogens is 1. The van der Waals surface area contributed by atoms with E-state index in [4.69, 9.17) is 5.73 Å². The summed E-state index contributed by atoms with van der Waals surface area (Å²) in [6.07, 6.45) is 1.66. The van der Waals surface area contributed by atoms with Gasteiger partial charge in [-0.15, -0.1) is 12.4 Å². The predicted octanol–water partition coefficient (Wildman–Crippen LogP) is 2.16. The zero-order valence-electron chi connectivity index (χ0n) is 10.1. The highest BCUT2D eigenvalue weighted by Crippen LogP contribution is 2.24. The van der Waals surface area contributed by atoms with E-state index < -0.39 is 0 Å². The van der Waals surface area contributed by atoms with Crippen LogP contribution in [0.3, 0.4) is 0 Å². The van der Waals surface area contributed by atoms with Gasteiger partial charge in [-0.2, -0.15) is 0 Å². The van der Waals surface area contributed by atoms with E-state index in [9.17, 15) is 5.11 Å². The molecule has 92 valence electrons. The summed E-state index contributed by atoms with van der Waals surface area (Å²) >= 11 is 0. The average molecular weight is 245 g/mol. The van der Waals surface area contributed by atoms with Crippen molar-refractivity contribution in [3.05, 3.63) is 23.8 Å². The van der Waals surface area contributed by atoms with Crippen LogP contribution in [-0.4, -0.2) is 25.2 Å². The van der Waals surface area contributed by atoms with Gasteiger partial charge in [0.25, 0.3) is 0 Å². The number of rotatable bonds is 4. The van der Waals surface area contributed by atoms with E-state index in [1.165, 1.54) is 0 Å². The molecule has 1 rings (SSSR count). The van der Waals surface area contributed by atoms with Crippen LogP contribution in [0.2, 0.25) is 0 Å². The number of phenols is 1. The third-order valence-corrected chi connectivity index (χ3v) is 2.59. The highest BCUT2D eigenvalue weighted by Gasteiger charge is 2.07. The van der Waals surface area contributed by atoms with Crippen LogP contribution in [0.5, 0.6) is 5.75 Å². The fourth-order valence-corrected chi connectivity index (χ4v) is 1.43. The third kappa shape index (κ3) is 3.91. The normalized spacial score (nSPS) is 11.8. The van der Waals surface area contributed by atoms with Gasteiger partial charge in [-0.3, -0.25) is 0 Å².